The summed E-state index contributed by atoms with van der Waals surface area (Å²) in [5.41, 5.74) is 0.816. The Morgan fingerprint density at radius 2 is 1.52 bits per heavy atom. The normalized spacial score (nSPS) is 11.9. The van der Waals surface area contributed by atoms with E-state index in [2.05, 4.69) is 4.72 Å². The largest absolute Gasteiger partial charge is 0.301 e. The van der Waals surface area contributed by atoms with Crippen LogP contribution in [0.2, 0.25) is 5.02 Å². The fraction of sp³-hybridized carbons (Fsp3) is 0. The molecule has 3 aromatic carbocycles. The highest BCUT2D eigenvalue weighted by Gasteiger charge is 2.12. The minimum atomic E-state index is -1.36. The molecular formula is C18H14ClNOS2. The van der Waals surface area contributed by atoms with Crippen LogP contribution in [-0.2, 0) is 11.0 Å². The molecule has 3 aromatic rings. The van der Waals surface area contributed by atoms with Gasteiger partial charge in [0.15, 0.2) is 11.0 Å². The number of nitrogens with one attached hydrogen (secondary N) is 1. The molecule has 3 rings (SSSR count). The maximum absolute atomic E-state index is 12.7. The predicted octanol–water partition coefficient (Wildman–Crippen LogP) is 5.63. The highest BCUT2D eigenvalue weighted by molar-refractivity contribution is 8.00. The van der Waals surface area contributed by atoms with Crippen molar-refractivity contribution in [1.29, 1.82) is 0 Å². The van der Waals surface area contributed by atoms with E-state index in [9.17, 15) is 4.21 Å². The fourth-order valence-electron chi connectivity index (χ4n) is 2.00. The van der Waals surface area contributed by atoms with E-state index in [1.54, 1.807) is 23.9 Å². The lowest BCUT2D eigenvalue weighted by Crippen LogP contribution is -2.05. The minimum Gasteiger partial charge on any atom is -0.301 e. The zero-order valence-electron chi connectivity index (χ0n) is 12.1. The van der Waals surface area contributed by atoms with Gasteiger partial charge in [-0.05, 0) is 42.5 Å². The van der Waals surface area contributed by atoms with Crippen LogP contribution >= 0.6 is 23.4 Å². The average Bonchev–Trinajstić information content (AvgIpc) is 2.57. The topological polar surface area (TPSA) is 29.1 Å². The van der Waals surface area contributed by atoms with E-state index in [0.717, 1.165) is 15.5 Å². The molecule has 2 nitrogen and oxygen atoms in total. The molecule has 0 aliphatic heterocycles. The zero-order valence-corrected chi connectivity index (χ0v) is 14.5. The smallest absolute Gasteiger partial charge is 0.151 e. The summed E-state index contributed by atoms with van der Waals surface area (Å²) in [6.07, 6.45) is 0. The first-order chi connectivity index (χ1) is 11.2. The maximum atomic E-state index is 12.7. The molecule has 0 fully saturated rings. The van der Waals surface area contributed by atoms with Crippen molar-refractivity contribution in [3.8, 4) is 0 Å². The van der Waals surface area contributed by atoms with E-state index < -0.39 is 11.0 Å². The first-order valence-electron chi connectivity index (χ1n) is 6.98. The second-order valence-electron chi connectivity index (χ2n) is 4.74. The molecule has 0 saturated heterocycles. The molecule has 0 saturated carbocycles. The number of hydrogen-bond acceptors (Lipinski definition) is 2. The Morgan fingerprint density at radius 1 is 0.870 bits per heavy atom. The Bertz CT molecular complexity index is 810. The number of rotatable bonds is 5. The van der Waals surface area contributed by atoms with Crippen LogP contribution in [0.1, 0.15) is 0 Å². The van der Waals surface area contributed by atoms with Crippen LogP contribution < -0.4 is 4.72 Å². The van der Waals surface area contributed by atoms with Gasteiger partial charge in [0.05, 0.1) is 4.90 Å². The summed E-state index contributed by atoms with van der Waals surface area (Å²) < 4.78 is 15.7. The molecule has 5 heteroatoms. The molecule has 0 aliphatic rings. The van der Waals surface area contributed by atoms with Gasteiger partial charge in [0, 0.05) is 20.5 Å². The number of benzene rings is 3. The van der Waals surface area contributed by atoms with Crippen molar-refractivity contribution in [3.05, 3.63) is 83.9 Å². The quantitative estimate of drug-likeness (QED) is 0.640. The highest BCUT2D eigenvalue weighted by atomic mass is 35.5. The van der Waals surface area contributed by atoms with Crippen LogP contribution in [0.3, 0.4) is 0 Å². The molecule has 116 valence electrons. The third kappa shape index (κ3) is 4.38. The van der Waals surface area contributed by atoms with Crippen molar-refractivity contribution in [1.82, 2.24) is 0 Å². The maximum Gasteiger partial charge on any atom is 0.151 e. The molecule has 0 radical (unpaired) electrons. The van der Waals surface area contributed by atoms with Gasteiger partial charge in [-0.2, -0.15) is 0 Å². The Hall–Kier alpha value is -1.75. The van der Waals surface area contributed by atoms with Crippen molar-refractivity contribution >= 4 is 40.0 Å². The van der Waals surface area contributed by atoms with E-state index in [0.29, 0.717) is 9.92 Å². The summed E-state index contributed by atoms with van der Waals surface area (Å²) in [6, 6.07) is 24.9. The summed E-state index contributed by atoms with van der Waals surface area (Å²) in [4.78, 5) is 2.67. The van der Waals surface area contributed by atoms with Crippen molar-refractivity contribution in [2.75, 3.05) is 4.72 Å². The summed E-state index contributed by atoms with van der Waals surface area (Å²) in [6.45, 7) is 0. The SMILES string of the molecule is O=S(Nc1ccccc1)c1ccc(Cl)cc1Sc1ccccc1. The van der Waals surface area contributed by atoms with E-state index in [1.165, 1.54) is 0 Å². The van der Waals surface area contributed by atoms with Crippen LogP contribution in [0.5, 0.6) is 0 Å². The molecule has 1 atom stereocenters. The molecule has 1 unspecified atom stereocenters. The Balaban J connectivity index is 1.88. The zero-order chi connectivity index (χ0) is 16.1. The minimum absolute atomic E-state index is 0.629. The first-order valence-corrected chi connectivity index (χ1v) is 9.33. The molecule has 23 heavy (non-hydrogen) atoms. The molecule has 0 spiro atoms. The van der Waals surface area contributed by atoms with Gasteiger partial charge in [-0.15, -0.1) is 0 Å². The number of hydrogen-bond donors (Lipinski definition) is 1. The van der Waals surface area contributed by atoms with Gasteiger partial charge in [0.25, 0.3) is 0 Å². The Kier molecular flexibility index (Phi) is 5.39. The molecule has 0 aromatic heterocycles. The lowest BCUT2D eigenvalue weighted by Gasteiger charge is -2.11. The average molecular weight is 360 g/mol. The molecule has 0 heterocycles. The third-order valence-electron chi connectivity index (χ3n) is 3.06. The van der Waals surface area contributed by atoms with Gasteiger partial charge in [-0.25, -0.2) is 4.21 Å². The van der Waals surface area contributed by atoms with Gasteiger partial charge in [-0.3, -0.25) is 0 Å². The van der Waals surface area contributed by atoms with Crippen LogP contribution in [0.4, 0.5) is 5.69 Å². The molecule has 1 N–H and O–H groups in total. The van der Waals surface area contributed by atoms with Crippen LogP contribution in [0.15, 0.2) is 93.5 Å². The summed E-state index contributed by atoms with van der Waals surface area (Å²) in [5, 5.41) is 0.629. The second kappa shape index (κ2) is 7.68. The summed E-state index contributed by atoms with van der Waals surface area (Å²) in [7, 11) is -1.36. The summed E-state index contributed by atoms with van der Waals surface area (Å²) >= 11 is 7.67. The van der Waals surface area contributed by atoms with Crippen molar-refractivity contribution in [2.24, 2.45) is 0 Å². The van der Waals surface area contributed by atoms with Gasteiger partial charge < -0.3 is 4.72 Å². The van der Waals surface area contributed by atoms with Gasteiger partial charge in [-0.1, -0.05) is 59.8 Å². The standard InChI is InChI=1S/C18H14ClNOS2/c19-14-11-12-18(23(21)20-15-7-3-1-4-8-15)17(13-14)22-16-9-5-2-6-10-16/h1-13,20H. The summed E-state index contributed by atoms with van der Waals surface area (Å²) in [5.74, 6) is 0. The van der Waals surface area contributed by atoms with E-state index in [4.69, 9.17) is 11.6 Å². The first kappa shape index (κ1) is 16.1. The molecule has 0 bridgehead atoms. The molecular weight excluding hydrogens is 346 g/mol. The molecule has 0 amide bonds. The second-order valence-corrected chi connectivity index (χ2v) is 7.48. The van der Waals surface area contributed by atoms with Crippen LogP contribution in [0.25, 0.3) is 0 Å². The van der Waals surface area contributed by atoms with E-state index >= 15 is 0 Å². The van der Waals surface area contributed by atoms with Crippen molar-refractivity contribution in [2.45, 2.75) is 14.7 Å². The van der Waals surface area contributed by atoms with Gasteiger partial charge in [0.2, 0.25) is 0 Å². The van der Waals surface area contributed by atoms with Crippen molar-refractivity contribution in [3.63, 3.8) is 0 Å². The Labute approximate surface area is 147 Å². The van der Waals surface area contributed by atoms with Crippen LogP contribution in [0, 0.1) is 0 Å². The highest BCUT2D eigenvalue weighted by Crippen LogP contribution is 2.34. The van der Waals surface area contributed by atoms with Crippen molar-refractivity contribution < 1.29 is 4.21 Å². The third-order valence-corrected chi connectivity index (χ3v) is 5.67. The van der Waals surface area contributed by atoms with Gasteiger partial charge >= 0.3 is 0 Å². The fourth-order valence-corrected chi connectivity index (χ4v) is 4.38. The van der Waals surface area contributed by atoms with E-state index in [1.807, 2.05) is 66.7 Å². The van der Waals surface area contributed by atoms with E-state index in [-0.39, 0.29) is 0 Å². The number of halogens is 1. The monoisotopic (exact) mass is 359 g/mol. The lowest BCUT2D eigenvalue weighted by molar-refractivity contribution is 0.685. The number of para-hydroxylation sites is 1. The molecule has 0 aliphatic carbocycles. The Morgan fingerprint density at radius 3 is 2.22 bits per heavy atom. The number of anilines is 1. The lowest BCUT2D eigenvalue weighted by atomic mass is 10.3. The predicted molar refractivity (Wildman–Crippen MR) is 98.5 cm³/mol. The van der Waals surface area contributed by atoms with Crippen LogP contribution in [-0.4, -0.2) is 4.21 Å². The van der Waals surface area contributed by atoms with Gasteiger partial charge in [0.1, 0.15) is 0 Å².